The molecule has 2 fully saturated rings. The third-order valence-corrected chi connectivity index (χ3v) is 5.23. The number of likely N-dealkylation sites (tertiary alicyclic amines) is 1. The number of carbonyl (C=O) groups excluding carboxylic acids is 1. The number of carbonyl (C=O) groups is 1. The molecule has 0 unspecified atom stereocenters. The van der Waals surface area contributed by atoms with Crippen molar-refractivity contribution < 1.29 is 19.0 Å². The summed E-state index contributed by atoms with van der Waals surface area (Å²) in [6.07, 6.45) is 5.42. The van der Waals surface area contributed by atoms with Crippen molar-refractivity contribution in [1.82, 2.24) is 4.90 Å². The van der Waals surface area contributed by atoms with E-state index in [2.05, 4.69) is 0 Å². The summed E-state index contributed by atoms with van der Waals surface area (Å²) in [7, 11) is 0. The second-order valence-corrected chi connectivity index (χ2v) is 6.94. The highest BCUT2D eigenvalue weighted by Gasteiger charge is 2.29. The van der Waals surface area contributed by atoms with Crippen LogP contribution in [-0.2, 0) is 4.79 Å². The summed E-state index contributed by atoms with van der Waals surface area (Å²) in [5.41, 5.74) is 0. The van der Waals surface area contributed by atoms with Gasteiger partial charge in [-0.15, -0.1) is 0 Å². The fourth-order valence-corrected chi connectivity index (χ4v) is 3.72. The van der Waals surface area contributed by atoms with E-state index in [-0.39, 0.29) is 35.6 Å². The molecule has 0 radical (unpaired) electrons. The topological polar surface area (TPSA) is 49.8 Å². The summed E-state index contributed by atoms with van der Waals surface area (Å²) >= 11 is 0. The summed E-state index contributed by atoms with van der Waals surface area (Å²) in [5, 5.41) is 10.0. The van der Waals surface area contributed by atoms with E-state index in [1.54, 1.807) is 18.2 Å². The van der Waals surface area contributed by atoms with E-state index in [0.717, 1.165) is 25.7 Å². The molecule has 1 amide bonds. The second kappa shape index (κ2) is 7.97. The smallest absolute Gasteiger partial charge is 0.222 e. The van der Waals surface area contributed by atoms with Crippen molar-refractivity contribution in [1.29, 1.82) is 0 Å². The van der Waals surface area contributed by atoms with Crippen LogP contribution in [0.1, 0.15) is 44.9 Å². The fraction of sp³-hybridized carbons (Fsp3) is 0.632. The predicted octanol–water partition coefficient (Wildman–Crippen LogP) is 3.14. The van der Waals surface area contributed by atoms with Gasteiger partial charge in [0.1, 0.15) is 6.10 Å². The zero-order valence-corrected chi connectivity index (χ0v) is 14.0. The van der Waals surface area contributed by atoms with Gasteiger partial charge in [-0.1, -0.05) is 25.0 Å². The lowest BCUT2D eigenvalue weighted by Gasteiger charge is -2.34. The number of piperidine rings is 1. The van der Waals surface area contributed by atoms with Crippen LogP contribution in [0.3, 0.4) is 0 Å². The Morgan fingerprint density at radius 3 is 2.58 bits per heavy atom. The molecular weight excluding hydrogens is 309 g/mol. The predicted molar refractivity (Wildman–Crippen MR) is 89.2 cm³/mol. The molecule has 1 N–H and O–H groups in total. The van der Waals surface area contributed by atoms with Gasteiger partial charge < -0.3 is 14.7 Å². The Kier molecular flexibility index (Phi) is 5.72. The van der Waals surface area contributed by atoms with E-state index in [9.17, 15) is 14.3 Å². The number of hydrogen-bond donors (Lipinski definition) is 1. The highest BCUT2D eigenvalue weighted by atomic mass is 19.1. The van der Waals surface area contributed by atoms with Crippen LogP contribution in [0.5, 0.6) is 5.75 Å². The summed E-state index contributed by atoms with van der Waals surface area (Å²) in [6.45, 7) is 1.28. The second-order valence-electron chi connectivity index (χ2n) is 6.94. The SMILES string of the molecule is O=C(C[C@@H]1CCCC[C@H]1O)N1CCC(Oc2ccccc2F)CC1. The van der Waals surface area contributed by atoms with Crippen molar-refractivity contribution in [3.63, 3.8) is 0 Å². The number of aliphatic hydroxyl groups is 1. The molecule has 1 aliphatic carbocycles. The van der Waals surface area contributed by atoms with Crippen molar-refractivity contribution in [3.05, 3.63) is 30.1 Å². The van der Waals surface area contributed by atoms with Gasteiger partial charge >= 0.3 is 0 Å². The standard InChI is InChI=1S/C19H26FNO3/c20-16-6-2-4-8-18(16)24-15-9-11-21(12-10-15)19(23)13-14-5-1-3-7-17(14)22/h2,4,6,8,14-15,17,22H,1,3,5,7,9-13H2/t14-,17+/m0/s1. The molecule has 3 rings (SSSR count). The van der Waals surface area contributed by atoms with Crippen LogP contribution in [0.4, 0.5) is 4.39 Å². The van der Waals surface area contributed by atoms with Crippen molar-refractivity contribution >= 4 is 5.91 Å². The first-order chi connectivity index (χ1) is 11.6. The average Bonchev–Trinajstić information content (AvgIpc) is 2.59. The van der Waals surface area contributed by atoms with Crippen molar-refractivity contribution in [3.8, 4) is 5.75 Å². The first-order valence-electron chi connectivity index (χ1n) is 9.00. The highest BCUT2D eigenvalue weighted by Crippen LogP contribution is 2.28. The summed E-state index contributed by atoms with van der Waals surface area (Å²) in [5.74, 6) is 0.179. The van der Waals surface area contributed by atoms with Gasteiger partial charge in [0.05, 0.1) is 6.10 Å². The van der Waals surface area contributed by atoms with Crippen LogP contribution in [0, 0.1) is 11.7 Å². The Morgan fingerprint density at radius 1 is 1.17 bits per heavy atom. The Balaban J connectivity index is 1.46. The number of ether oxygens (including phenoxy) is 1. The number of benzene rings is 1. The molecule has 2 atom stereocenters. The van der Waals surface area contributed by atoms with E-state index in [1.807, 2.05) is 4.90 Å². The Bertz CT molecular complexity index is 557. The number of halogens is 1. The average molecular weight is 335 g/mol. The van der Waals surface area contributed by atoms with Gasteiger partial charge in [-0.05, 0) is 30.9 Å². The summed E-state index contributed by atoms with van der Waals surface area (Å²) < 4.78 is 19.4. The molecule has 1 aromatic rings. The molecule has 4 nitrogen and oxygen atoms in total. The normalized spacial score (nSPS) is 25.5. The lowest BCUT2D eigenvalue weighted by atomic mass is 9.84. The van der Waals surface area contributed by atoms with Crippen molar-refractivity contribution in [2.75, 3.05) is 13.1 Å². The van der Waals surface area contributed by atoms with Crippen molar-refractivity contribution in [2.24, 2.45) is 5.92 Å². The van der Waals surface area contributed by atoms with E-state index < -0.39 is 0 Å². The van der Waals surface area contributed by atoms with Gasteiger partial charge in [0, 0.05) is 32.4 Å². The van der Waals surface area contributed by atoms with Crippen LogP contribution >= 0.6 is 0 Å². The van der Waals surface area contributed by atoms with E-state index in [4.69, 9.17) is 4.74 Å². The number of para-hydroxylation sites is 1. The highest BCUT2D eigenvalue weighted by molar-refractivity contribution is 5.76. The summed E-state index contributed by atoms with van der Waals surface area (Å²) in [6, 6.07) is 6.43. The molecule has 0 bridgehead atoms. The molecule has 0 aromatic heterocycles. The lowest BCUT2D eigenvalue weighted by Crippen LogP contribution is -2.43. The van der Waals surface area contributed by atoms with Crippen LogP contribution in [0.2, 0.25) is 0 Å². The zero-order chi connectivity index (χ0) is 16.9. The zero-order valence-electron chi connectivity index (χ0n) is 14.0. The van der Waals surface area contributed by atoms with Gasteiger partial charge in [-0.3, -0.25) is 4.79 Å². The molecule has 24 heavy (non-hydrogen) atoms. The first kappa shape index (κ1) is 17.2. The van der Waals surface area contributed by atoms with E-state index >= 15 is 0 Å². The Hall–Kier alpha value is -1.62. The molecule has 1 heterocycles. The number of aliphatic hydroxyl groups excluding tert-OH is 1. The van der Waals surface area contributed by atoms with Crippen LogP contribution < -0.4 is 4.74 Å². The Morgan fingerprint density at radius 2 is 1.88 bits per heavy atom. The molecular formula is C19H26FNO3. The minimum atomic E-state index is -0.345. The minimum Gasteiger partial charge on any atom is -0.487 e. The number of rotatable bonds is 4. The monoisotopic (exact) mass is 335 g/mol. The van der Waals surface area contributed by atoms with Crippen molar-refractivity contribution in [2.45, 2.75) is 57.2 Å². The third kappa shape index (κ3) is 4.26. The quantitative estimate of drug-likeness (QED) is 0.920. The minimum absolute atomic E-state index is 0.0498. The van der Waals surface area contributed by atoms with E-state index in [1.165, 1.54) is 6.07 Å². The van der Waals surface area contributed by atoms with Gasteiger partial charge in [0.25, 0.3) is 0 Å². The molecule has 2 aliphatic rings. The largest absolute Gasteiger partial charge is 0.487 e. The number of hydrogen-bond acceptors (Lipinski definition) is 3. The third-order valence-electron chi connectivity index (χ3n) is 5.23. The molecule has 1 aromatic carbocycles. The van der Waals surface area contributed by atoms with Gasteiger partial charge in [-0.2, -0.15) is 0 Å². The lowest BCUT2D eigenvalue weighted by molar-refractivity contribution is -0.135. The van der Waals surface area contributed by atoms with Crippen LogP contribution in [0.25, 0.3) is 0 Å². The maximum atomic E-state index is 13.6. The van der Waals surface area contributed by atoms with Gasteiger partial charge in [-0.25, -0.2) is 4.39 Å². The first-order valence-corrected chi connectivity index (χ1v) is 9.00. The molecule has 1 saturated heterocycles. The molecule has 1 aliphatic heterocycles. The van der Waals surface area contributed by atoms with Crippen LogP contribution in [-0.4, -0.2) is 41.2 Å². The molecule has 5 heteroatoms. The summed E-state index contributed by atoms with van der Waals surface area (Å²) in [4.78, 5) is 14.3. The van der Waals surface area contributed by atoms with Gasteiger partial charge in [0.15, 0.2) is 11.6 Å². The molecule has 132 valence electrons. The molecule has 1 saturated carbocycles. The number of amides is 1. The number of nitrogens with zero attached hydrogens (tertiary/aromatic N) is 1. The van der Waals surface area contributed by atoms with Gasteiger partial charge in [0.2, 0.25) is 5.91 Å². The maximum Gasteiger partial charge on any atom is 0.222 e. The maximum absolute atomic E-state index is 13.6. The van der Waals surface area contributed by atoms with Crippen LogP contribution in [0.15, 0.2) is 24.3 Å². The fourth-order valence-electron chi connectivity index (χ4n) is 3.72. The van der Waals surface area contributed by atoms with E-state index in [0.29, 0.717) is 32.4 Å². The molecule has 0 spiro atoms. The Labute approximate surface area is 142 Å².